The molecule has 1 saturated carbocycles. The summed E-state index contributed by atoms with van der Waals surface area (Å²) in [6, 6.07) is 4.70. The molecule has 1 aliphatic heterocycles. The Morgan fingerprint density at radius 3 is 2.81 bits per heavy atom. The van der Waals surface area contributed by atoms with Gasteiger partial charge in [0.1, 0.15) is 11.9 Å². The minimum Gasteiger partial charge on any atom is -0.482 e. The minimum atomic E-state index is -0.637. The number of pyridine rings is 1. The zero-order chi connectivity index (χ0) is 22.5. The largest absolute Gasteiger partial charge is 0.482 e. The zero-order valence-corrected chi connectivity index (χ0v) is 19.0. The summed E-state index contributed by atoms with van der Waals surface area (Å²) in [4.78, 5) is 4.27. The molecule has 2 aromatic heterocycles. The molecule has 2 fully saturated rings. The maximum atomic E-state index is 13.9. The average Bonchev–Trinajstić information content (AvgIpc) is 3.40. The molecular formula is C23H23Cl2FN4O2. The maximum Gasteiger partial charge on any atom is 0.166 e. The van der Waals surface area contributed by atoms with E-state index in [2.05, 4.69) is 10.1 Å². The standard InChI is InChI=1S/C23H23Cl2FN4O2/c1-13(20-17(24)3-4-18(26)21(20)25)32-19-7-14(9-28-22(19)27)15-10-29-30(11-15)16-8-23(31-12-16)5-2-6-23/h3-4,7,9-11,13,16H,2,5-6,8,12H2,1H3,(H2,27,28)/t13-,16?/m1/s1. The quantitative estimate of drug-likeness (QED) is 0.457. The Morgan fingerprint density at radius 1 is 1.28 bits per heavy atom. The maximum absolute atomic E-state index is 13.9. The molecule has 0 amide bonds. The zero-order valence-electron chi connectivity index (χ0n) is 17.5. The molecule has 1 saturated heterocycles. The number of hydrogen-bond donors (Lipinski definition) is 1. The summed E-state index contributed by atoms with van der Waals surface area (Å²) >= 11 is 12.3. The first kappa shape index (κ1) is 21.5. The molecule has 2 aliphatic rings. The number of aromatic nitrogens is 3. The second kappa shape index (κ2) is 8.21. The first-order chi connectivity index (χ1) is 15.3. The molecule has 0 bridgehead atoms. The van der Waals surface area contributed by atoms with Crippen LogP contribution in [0.2, 0.25) is 10.0 Å². The third kappa shape index (κ3) is 3.83. The smallest absolute Gasteiger partial charge is 0.166 e. The highest BCUT2D eigenvalue weighted by Crippen LogP contribution is 2.47. The lowest BCUT2D eigenvalue weighted by atomic mass is 9.77. The fourth-order valence-electron chi connectivity index (χ4n) is 4.47. The van der Waals surface area contributed by atoms with Gasteiger partial charge in [0, 0.05) is 40.5 Å². The monoisotopic (exact) mass is 476 g/mol. The van der Waals surface area contributed by atoms with Gasteiger partial charge in [-0.3, -0.25) is 4.68 Å². The van der Waals surface area contributed by atoms with Gasteiger partial charge in [-0.05, 0) is 44.4 Å². The molecule has 2 N–H and O–H groups in total. The molecule has 1 aliphatic carbocycles. The number of benzene rings is 1. The van der Waals surface area contributed by atoms with Gasteiger partial charge in [0.05, 0.1) is 29.5 Å². The second-order valence-electron chi connectivity index (χ2n) is 8.54. The Bertz CT molecular complexity index is 1160. The highest BCUT2D eigenvalue weighted by Gasteiger charge is 2.45. The van der Waals surface area contributed by atoms with Crippen molar-refractivity contribution in [3.63, 3.8) is 0 Å². The van der Waals surface area contributed by atoms with Crippen molar-refractivity contribution in [3.05, 3.63) is 58.2 Å². The number of nitrogen functional groups attached to an aromatic ring is 1. The predicted molar refractivity (Wildman–Crippen MR) is 122 cm³/mol. The van der Waals surface area contributed by atoms with E-state index >= 15 is 0 Å². The van der Waals surface area contributed by atoms with E-state index in [-0.39, 0.29) is 22.5 Å². The first-order valence-corrected chi connectivity index (χ1v) is 11.3. The van der Waals surface area contributed by atoms with E-state index in [0.29, 0.717) is 22.9 Å². The number of nitrogens with zero attached hydrogens (tertiary/aromatic N) is 3. The molecule has 3 aromatic rings. The summed E-state index contributed by atoms with van der Waals surface area (Å²) in [5.74, 6) is 0.0119. The highest BCUT2D eigenvalue weighted by molar-refractivity contribution is 6.36. The molecule has 9 heteroatoms. The molecule has 1 spiro atoms. The first-order valence-electron chi connectivity index (χ1n) is 10.6. The predicted octanol–water partition coefficient (Wildman–Crippen LogP) is 6.00. The molecule has 168 valence electrons. The van der Waals surface area contributed by atoms with E-state index in [1.807, 2.05) is 10.9 Å². The lowest BCUT2D eigenvalue weighted by molar-refractivity contribution is -0.0564. The van der Waals surface area contributed by atoms with Gasteiger partial charge in [-0.2, -0.15) is 5.10 Å². The van der Waals surface area contributed by atoms with Crippen molar-refractivity contribution in [2.75, 3.05) is 12.3 Å². The molecule has 0 radical (unpaired) electrons. The number of halogens is 3. The van der Waals surface area contributed by atoms with Crippen molar-refractivity contribution in [2.24, 2.45) is 0 Å². The number of anilines is 1. The van der Waals surface area contributed by atoms with Crippen LogP contribution in [0.15, 0.2) is 36.8 Å². The fraction of sp³-hybridized carbons (Fsp3) is 0.391. The molecule has 1 unspecified atom stereocenters. The third-order valence-corrected chi connectivity index (χ3v) is 7.15. The lowest BCUT2D eigenvalue weighted by Crippen LogP contribution is -2.36. The van der Waals surface area contributed by atoms with Crippen LogP contribution < -0.4 is 10.5 Å². The van der Waals surface area contributed by atoms with Crippen LogP contribution in [0.1, 0.15) is 50.3 Å². The summed E-state index contributed by atoms with van der Waals surface area (Å²) in [5.41, 5.74) is 8.17. The molecule has 1 aromatic carbocycles. The van der Waals surface area contributed by atoms with Gasteiger partial charge in [-0.25, -0.2) is 9.37 Å². The molecule has 6 nitrogen and oxygen atoms in total. The van der Waals surface area contributed by atoms with E-state index in [9.17, 15) is 4.39 Å². The number of hydrogen-bond acceptors (Lipinski definition) is 5. The minimum absolute atomic E-state index is 0.0656. The normalized spacial score (nSPS) is 20.3. The van der Waals surface area contributed by atoms with Crippen LogP contribution in [0, 0.1) is 5.82 Å². The number of rotatable bonds is 5. The summed E-state index contributed by atoms with van der Waals surface area (Å²) in [6.45, 7) is 2.41. The topological polar surface area (TPSA) is 75.2 Å². The van der Waals surface area contributed by atoms with Crippen molar-refractivity contribution >= 4 is 29.0 Å². The van der Waals surface area contributed by atoms with E-state index in [0.717, 1.165) is 30.4 Å². The molecular weight excluding hydrogens is 454 g/mol. The molecule has 3 heterocycles. The summed E-state index contributed by atoms with van der Waals surface area (Å²) in [7, 11) is 0. The van der Waals surface area contributed by atoms with Crippen LogP contribution in [0.3, 0.4) is 0 Å². The van der Waals surface area contributed by atoms with Crippen LogP contribution in [-0.4, -0.2) is 27.0 Å². The van der Waals surface area contributed by atoms with E-state index in [4.69, 9.17) is 38.4 Å². The fourth-order valence-corrected chi connectivity index (χ4v) is 5.15. The Labute approximate surface area is 195 Å². The average molecular weight is 477 g/mol. The van der Waals surface area contributed by atoms with Crippen LogP contribution in [0.4, 0.5) is 10.2 Å². The SMILES string of the molecule is C[C@@H](Oc1cc(-c2cnn(C3COC4(CCC4)C3)c2)cnc1N)c1c(Cl)ccc(F)c1Cl. The molecule has 5 rings (SSSR count). The van der Waals surface area contributed by atoms with Gasteiger partial charge in [-0.15, -0.1) is 0 Å². The van der Waals surface area contributed by atoms with Gasteiger partial charge in [0.2, 0.25) is 0 Å². The van der Waals surface area contributed by atoms with Gasteiger partial charge in [-0.1, -0.05) is 23.2 Å². The summed E-state index contributed by atoms with van der Waals surface area (Å²) in [6.07, 6.45) is 9.34. The van der Waals surface area contributed by atoms with Crippen molar-refractivity contribution in [1.29, 1.82) is 0 Å². The third-order valence-electron chi connectivity index (χ3n) is 6.43. The van der Waals surface area contributed by atoms with E-state index < -0.39 is 11.9 Å². The van der Waals surface area contributed by atoms with Gasteiger partial charge < -0.3 is 15.2 Å². The lowest BCUT2D eigenvalue weighted by Gasteiger charge is -2.37. The van der Waals surface area contributed by atoms with E-state index in [1.54, 1.807) is 25.4 Å². The number of ether oxygens (including phenoxy) is 2. The molecule has 2 atom stereocenters. The highest BCUT2D eigenvalue weighted by atomic mass is 35.5. The van der Waals surface area contributed by atoms with Crippen LogP contribution in [0.5, 0.6) is 5.75 Å². The van der Waals surface area contributed by atoms with Crippen molar-refractivity contribution in [3.8, 4) is 16.9 Å². The van der Waals surface area contributed by atoms with Crippen molar-refractivity contribution < 1.29 is 13.9 Å². The van der Waals surface area contributed by atoms with Crippen molar-refractivity contribution in [1.82, 2.24) is 14.8 Å². The summed E-state index contributed by atoms with van der Waals surface area (Å²) < 4.78 is 27.9. The van der Waals surface area contributed by atoms with Crippen molar-refractivity contribution in [2.45, 2.75) is 50.4 Å². The van der Waals surface area contributed by atoms with Gasteiger partial charge >= 0.3 is 0 Å². The Balaban J connectivity index is 1.37. The van der Waals surface area contributed by atoms with Crippen LogP contribution in [0.25, 0.3) is 11.1 Å². The Kier molecular flexibility index (Phi) is 5.51. The second-order valence-corrected chi connectivity index (χ2v) is 9.32. The van der Waals surface area contributed by atoms with E-state index in [1.165, 1.54) is 18.6 Å². The summed E-state index contributed by atoms with van der Waals surface area (Å²) in [5, 5.41) is 4.80. The molecule has 32 heavy (non-hydrogen) atoms. The van der Waals surface area contributed by atoms with Gasteiger partial charge in [0.25, 0.3) is 0 Å². The number of nitrogens with two attached hydrogens (primary N) is 1. The van der Waals surface area contributed by atoms with Crippen LogP contribution in [-0.2, 0) is 4.74 Å². The van der Waals surface area contributed by atoms with Gasteiger partial charge in [0.15, 0.2) is 11.6 Å². The Morgan fingerprint density at radius 2 is 2.09 bits per heavy atom. The van der Waals surface area contributed by atoms with Crippen LogP contribution >= 0.6 is 23.2 Å². The Hall–Kier alpha value is -2.35.